The third-order valence-corrected chi connectivity index (χ3v) is 16.4. The van der Waals surface area contributed by atoms with Crippen LogP contribution in [0.5, 0.6) is 11.5 Å². The zero-order valence-electron chi connectivity index (χ0n) is 49.0. The van der Waals surface area contributed by atoms with E-state index in [0.717, 1.165) is 85.6 Å². The van der Waals surface area contributed by atoms with Crippen molar-refractivity contribution in [1.29, 1.82) is 0 Å². The monoisotopic (exact) mass is 1140 g/mol. The molecule has 0 spiro atoms. The number of carbonyl (C=O) groups excluding carboxylic acids is 6. The molecule has 0 bridgehead atoms. The Labute approximate surface area is 497 Å². The van der Waals surface area contributed by atoms with Gasteiger partial charge in [0.1, 0.15) is 11.5 Å². The van der Waals surface area contributed by atoms with E-state index < -0.39 is 17.5 Å². The Morgan fingerprint density at radius 1 is 0.488 bits per heavy atom. The van der Waals surface area contributed by atoms with Crippen molar-refractivity contribution in [2.45, 2.75) is 173 Å². The zero-order chi connectivity index (χ0) is 59.4. The second-order valence-corrected chi connectivity index (χ2v) is 22.6. The van der Waals surface area contributed by atoms with E-state index in [1.807, 2.05) is 72.8 Å². The van der Waals surface area contributed by atoms with Gasteiger partial charge in [-0.2, -0.15) is 0 Å². The van der Waals surface area contributed by atoms with Gasteiger partial charge in [0.25, 0.3) is 0 Å². The van der Waals surface area contributed by atoms with Crippen molar-refractivity contribution in [2.75, 3.05) is 19.8 Å². The fourth-order valence-electron chi connectivity index (χ4n) is 11.1. The van der Waals surface area contributed by atoms with Crippen LogP contribution >= 0.6 is 0 Å². The highest BCUT2D eigenvalue weighted by Gasteiger charge is 2.39. The molecule has 4 aromatic rings. The number of unbranched alkanes of at least 4 members (excludes halogenated alkanes) is 10. The van der Waals surface area contributed by atoms with Gasteiger partial charge in [0.15, 0.2) is 5.60 Å². The summed E-state index contributed by atoms with van der Waals surface area (Å²) in [4.78, 5) is 77.3. The van der Waals surface area contributed by atoms with E-state index >= 15 is 0 Å². The first-order valence-corrected chi connectivity index (χ1v) is 30.6. The van der Waals surface area contributed by atoms with Gasteiger partial charge >= 0.3 is 35.8 Å². The molecule has 0 saturated heterocycles. The van der Waals surface area contributed by atoms with Crippen molar-refractivity contribution in [1.82, 2.24) is 0 Å². The van der Waals surface area contributed by atoms with E-state index in [1.54, 1.807) is 24.3 Å². The molecule has 0 N–H and O–H groups in total. The van der Waals surface area contributed by atoms with Crippen LogP contribution in [-0.2, 0) is 42.9 Å². The summed E-state index contributed by atoms with van der Waals surface area (Å²) in [5, 5.41) is 0. The first-order chi connectivity index (χ1) is 40.9. The molecule has 3 fully saturated rings. The van der Waals surface area contributed by atoms with E-state index in [2.05, 4.69) is 43.1 Å². The first-order valence-electron chi connectivity index (χ1n) is 30.6. The van der Waals surface area contributed by atoms with Gasteiger partial charge in [-0.3, -0.25) is 19.2 Å². The van der Waals surface area contributed by atoms with Crippen LogP contribution in [0.25, 0.3) is 0 Å². The van der Waals surface area contributed by atoms with Crippen LogP contribution in [0.1, 0.15) is 205 Å². The first kappa shape index (κ1) is 63.7. The van der Waals surface area contributed by atoms with E-state index in [4.69, 9.17) is 34.8 Å². The molecule has 0 radical (unpaired) electrons. The van der Waals surface area contributed by atoms with Crippen LogP contribution < -0.4 is 9.47 Å². The topological polar surface area (TPSA) is 158 Å². The molecule has 0 amide bonds. The Balaban J connectivity index is 0.891. The van der Waals surface area contributed by atoms with Crippen molar-refractivity contribution in [2.24, 2.45) is 23.7 Å². The Morgan fingerprint density at radius 3 is 1.32 bits per heavy atom. The molecule has 3 aliphatic carbocycles. The molecule has 0 aromatic heterocycles. The molecule has 0 atom stereocenters. The van der Waals surface area contributed by atoms with Crippen molar-refractivity contribution in [3.05, 3.63) is 143 Å². The molecule has 4 aromatic carbocycles. The molecule has 7 rings (SSSR count). The van der Waals surface area contributed by atoms with Gasteiger partial charge in [-0.25, -0.2) is 9.59 Å². The molecular formula is C72H82O12. The second kappa shape index (κ2) is 34.0. The molecule has 12 heteroatoms. The lowest BCUT2D eigenvalue weighted by Crippen LogP contribution is -2.37. The minimum absolute atomic E-state index is 0.138. The lowest BCUT2D eigenvalue weighted by atomic mass is 9.76. The smallest absolute Gasteiger partial charge is 0.339 e. The van der Waals surface area contributed by atoms with Crippen molar-refractivity contribution in [3.8, 4) is 47.5 Å². The van der Waals surface area contributed by atoms with E-state index in [1.165, 1.54) is 25.3 Å². The standard InChI is InChI=1S/C72H82O12/c1-4-7-8-9-12-16-51-80-67(74)59-30-34-62(35-31-59)70(77)83-65-42-38-63(39-43-65)71(78)84-72(47-44-56-26-24-55(25-27-56)23-22-54-20-18-53(5-2)19-21-54)48-45-58(46-49-72)57-36-40-64(41-37-57)82-69(76)61-32-28-60(29-33-61)68(75)81-52-17-14-11-10-13-15-50-79-66(73)6-3/h2,6,18-21,24-27,36-43,58-62H,3-4,7-17,28-35,45-46,48-52H2,1H3. The lowest BCUT2D eigenvalue weighted by molar-refractivity contribution is -0.152. The molecule has 84 heavy (non-hydrogen) atoms. The van der Waals surface area contributed by atoms with Gasteiger partial charge in [-0.1, -0.05) is 107 Å². The fraction of sp³-hybridized carbons (Fsp3) is 0.472. The molecule has 3 aliphatic rings. The average Bonchev–Trinajstić information content (AvgIpc) is 3.72. The summed E-state index contributed by atoms with van der Waals surface area (Å²) in [6.07, 6.45) is 25.8. The SMILES string of the molecule is C#Cc1ccc(C#Cc2ccc(C#CC3(OC(=O)c4ccc(OC(=O)C5CCC(C(=O)OCCCCCCCC)CC5)cc4)CCC(c4ccc(OC(=O)C5CCC(C(=O)OCCCCCCCCOC(=O)C=C)CC5)cc4)CC3)cc2)cc1. The number of hydrogen-bond acceptors (Lipinski definition) is 12. The minimum Gasteiger partial charge on any atom is -0.465 e. The van der Waals surface area contributed by atoms with Gasteiger partial charge in [0.05, 0.1) is 49.1 Å². The highest BCUT2D eigenvalue weighted by molar-refractivity contribution is 5.90. The molecule has 442 valence electrons. The van der Waals surface area contributed by atoms with E-state index in [0.29, 0.717) is 114 Å². The Bertz CT molecular complexity index is 2960. The summed E-state index contributed by atoms with van der Waals surface area (Å²) >= 11 is 0. The number of esters is 6. The molecule has 0 unspecified atom stereocenters. The maximum Gasteiger partial charge on any atom is 0.339 e. The normalized spacial score (nSPS) is 19.9. The van der Waals surface area contributed by atoms with Crippen LogP contribution in [0.2, 0.25) is 0 Å². The molecule has 0 aliphatic heterocycles. The van der Waals surface area contributed by atoms with Gasteiger partial charge in [0.2, 0.25) is 0 Å². The number of terminal acetylenes is 1. The summed E-state index contributed by atoms with van der Waals surface area (Å²) in [7, 11) is 0. The number of rotatable bonds is 26. The average molecular weight is 1140 g/mol. The third kappa shape index (κ3) is 20.8. The van der Waals surface area contributed by atoms with Gasteiger partial charge < -0.3 is 28.4 Å². The van der Waals surface area contributed by atoms with E-state index in [9.17, 15) is 28.8 Å². The van der Waals surface area contributed by atoms with E-state index in [-0.39, 0.29) is 53.5 Å². The Hall–Kier alpha value is -7.88. The third-order valence-electron chi connectivity index (χ3n) is 16.4. The van der Waals surface area contributed by atoms with Crippen LogP contribution in [-0.4, -0.2) is 61.2 Å². The summed E-state index contributed by atoms with van der Waals surface area (Å²) < 4.78 is 34.2. The largest absolute Gasteiger partial charge is 0.465 e. The molecular weight excluding hydrogens is 1060 g/mol. The fourth-order valence-corrected chi connectivity index (χ4v) is 11.1. The molecule has 0 heterocycles. The van der Waals surface area contributed by atoms with Crippen molar-refractivity contribution in [3.63, 3.8) is 0 Å². The van der Waals surface area contributed by atoms with Gasteiger partial charge in [-0.15, -0.1) is 6.42 Å². The summed E-state index contributed by atoms with van der Waals surface area (Å²) in [6, 6.07) is 29.1. The van der Waals surface area contributed by atoms with Crippen molar-refractivity contribution < 1.29 is 57.2 Å². The highest BCUT2D eigenvalue weighted by Crippen LogP contribution is 2.41. The number of carbonyl (C=O) groups is 6. The van der Waals surface area contributed by atoms with Crippen LogP contribution in [0.3, 0.4) is 0 Å². The summed E-state index contributed by atoms with van der Waals surface area (Å²) in [6.45, 7) is 6.82. The maximum absolute atomic E-state index is 14.0. The van der Waals surface area contributed by atoms with Crippen LogP contribution in [0.4, 0.5) is 0 Å². The van der Waals surface area contributed by atoms with Crippen molar-refractivity contribution >= 4 is 35.8 Å². The highest BCUT2D eigenvalue weighted by atomic mass is 16.6. The maximum atomic E-state index is 14.0. The van der Waals surface area contributed by atoms with Crippen LogP contribution in [0, 0.1) is 59.7 Å². The predicted molar refractivity (Wildman–Crippen MR) is 322 cm³/mol. The predicted octanol–water partition coefficient (Wildman–Crippen LogP) is 14.3. The molecule has 12 nitrogen and oxygen atoms in total. The van der Waals surface area contributed by atoms with Crippen LogP contribution in [0.15, 0.2) is 110 Å². The second-order valence-electron chi connectivity index (χ2n) is 22.6. The number of hydrogen-bond donors (Lipinski definition) is 0. The summed E-state index contributed by atoms with van der Waals surface area (Å²) in [5.41, 5.74) is 3.48. The minimum atomic E-state index is -1.10. The summed E-state index contributed by atoms with van der Waals surface area (Å²) in [5.74, 6) is 13.6. The zero-order valence-corrected chi connectivity index (χ0v) is 49.0. The number of ether oxygens (including phenoxy) is 6. The quantitative estimate of drug-likeness (QED) is 0.0147. The number of benzene rings is 4. The van der Waals surface area contributed by atoms with Gasteiger partial charge in [0, 0.05) is 28.3 Å². The Morgan fingerprint density at radius 2 is 0.881 bits per heavy atom. The molecule has 3 saturated carbocycles. The van der Waals surface area contributed by atoms with Gasteiger partial charge in [-0.05, 0) is 199 Å². The Kier molecular flexibility index (Phi) is 25.8. The lowest BCUT2D eigenvalue weighted by Gasteiger charge is -2.36.